The Balaban J connectivity index is 0.000000187. The highest BCUT2D eigenvalue weighted by molar-refractivity contribution is 5.82. The summed E-state index contributed by atoms with van der Waals surface area (Å²) in [6.07, 6.45) is 0. The number of nitriles is 2. The highest BCUT2D eigenvalue weighted by atomic mass is 15.0. The van der Waals surface area contributed by atoms with Gasteiger partial charge in [-0.2, -0.15) is 10.5 Å². The maximum atomic E-state index is 8.91. The van der Waals surface area contributed by atoms with Gasteiger partial charge in [0, 0.05) is 16.7 Å². The number of nitrogens with zero attached hydrogens (tertiary/aromatic N) is 8. The van der Waals surface area contributed by atoms with E-state index in [4.69, 9.17) is 23.7 Å². The van der Waals surface area contributed by atoms with Gasteiger partial charge in [0.25, 0.3) is 11.6 Å². The molecule has 182 valence electrons. The van der Waals surface area contributed by atoms with Crippen LogP contribution in [0.3, 0.4) is 0 Å². The fourth-order valence-corrected chi connectivity index (χ4v) is 3.71. The minimum Gasteiger partial charge on any atom is -0.370 e. The van der Waals surface area contributed by atoms with E-state index in [1.165, 1.54) is 0 Å². The van der Waals surface area contributed by atoms with Gasteiger partial charge in [0.1, 0.15) is 12.1 Å². The van der Waals surface area contributed by atoms with Gasteiger partial charge in [-0.3, -0.25) is 0 Å². The maximum absolute atomic E-state index is 8.91. The Labute approximate surface area is 225 Å². The van der Waals surface area contributed by atoms with Crippen molar-refractivity contribution in [2.75, 3.05) is 0 Å². The van der Waals surface area contributed by atoms with E-state index in [1.54, 1.807) is 6.92 Å². The monoisotopic (exact) mass is 502 g/mol. The minimum atomic E-state index is 0.0357. The second-order valence-electron chi connectivity index (χ2n) is 7.97. The van der Waals surface area contributed by atoms with Crippen LogP contribution in [-0.2, 0) is 0 Å². The predicted molar refractivity (Wildman–Crippen MR) is 147 cm³/mol. The predicted octanol–water partition coefficient (Wildman–Crippen LogP) is 7.11. The lowest BCUT2D eigenvalue weighted by molar-refractivity contribution is 1.07. The molecule has 2 heterocycles. The van der Waals surface area contributed by atoms with Crippen molar-refractivity contribution >= 4 is 11.6 Å². The molecule has 0 aliphatic rings. The van der Waals surface area contributed by atoms with Crippen LogP contribution in [0.15, 0.2) is 91.0 Å². The molecule has 0 fully saturated rings. The topological polar surface area (TPSA) is 108 Å². The lowest BCUT2D eigenvalue weighted by atomic mass is 10.0. The highest BCUT2D eigenvalue weighted by Gasteiger charge is 2.22. The van der Waals surface area contributed by atoms with Crippen LogP contribution in [0.2, 0.25) is 0 Å². The van der Waals surface area contributed by atoms with E-state index in [0.717, 1.165) is 16.7 Å². The zero-order valence-corrected chi connectivity index (χ0v) is 20.7. The molecule has 8 nitrogen and oxygen atoms in total. The summed E-state index contributed by atoms with van der Waals surface area (Å²) in [5.41, 5.74) is 5.29. The molecular formula is C31H18N8. The van der Waals surface area contributed by atoms with Gasteiger partial charge in [0.15, 0.2) is 11.4 Å². The van der Waals surface area contributed by atoms with Crippen molar-refractivity contribution in [2.45, 2.75) is 6.92 Å². The van der Waals surface area contributed by atoms with Gasteiger partial charge in [0.05, 0.1) is 11.4 Å². The molecule has 0 unspecified atom stereocenters. The third-order valence-corrected chi connectivity index (χ3v) is 5.50. The Kier molecular flexibility index (Phi) is 8.06. The van der Waals surface area contributed by atoms with Gasteiger partial charge in [-0.05, 0) is 6.92 Å². The molecular weight excluding hydrogens is 484 g/mol. The molecule has 8 heteroatoms. The molecule has 0 bridgehead atoms. The molecule has 5 rings (SSSR count). The summed E-state index contributed by atoms with van der Waals surface area (Å²) in [5, 5.41) is 17.7. The van der Waals surface area contributed by atoms with Crippen LogP contribution in [0.4, 0.5) is 11.6 Å². The zero-order chi connectivity index (χ0) is 27.6. The summed E-state index contributed by atoms with van der Waals surface area (Å²) in [4.78, 5) is 23.7. The fourth-order valence-electron chi connectivity index (χ4n) is 3.71. The molecule has 2 aromatic heterocycles. The van der Waals surface area contributed by atoms with Crippen molar-refractivity contribution in [1.82, 2.24) is 19.9 Å². The van der Waals surface area contributed by atoms with Crippen molar-refractivity contribution < 1.29 is 0 Å². The first-order chi connectivity index (χ1) is 19.1. The quantitative estimate of drug-likeness (QED) is 0.243. The largest absolute Gasteiger partial charge is 0.370 e. The van der Waals surface area contributed by atoms with E-state index < -0.39 is 0 Å². The standard InChI is InChI=1S/C18H10N4.C13H8N4/c1-19-17-18(20-2)22-16(14-11-7-4-8-12-14)15(21-17)13-9-5-3-6-10-13;1-9-13(10-5-3-2-4-6-10)17-12(8-15)11(7-14)16-9/h3-12H;2-6H,1H3. The molecule has 0 amide bonds. The molecule has 0 saturated heterocycles. The molecule has 5 aromatic rings. The van der Waals surface area contributed by atoms with Gasteiger partial charge in [-0.1, -0.05) is 104 Å². The normalized spacial score (nSPS) is 9.56. The van der Waals surface area contributed by atoms with Crippen LogP contribution in [0, 0.1) is 42.7 Å². The molecule has 0 aliphatic heterocycles. The third kappa shape index (κ3) is 5.79. The van der Waals surface area contributed by atoms with Crippen molar-refractivity contribution in [3.63, 3.8) is 0 Å². The molecule has 3 aromatic carbocycles. The third-order valence-electron chi connectivity index (χ3n) is 5.50. The number of aromatic nitrogens is 4. The Hall–Kier alpha value is -6.22. The number of aryl methyl sites for hydroxylation is 1. The van der Waals surface area contributed by atoms with E-state index in [-0.39, 0.29) is 23.0 Å². The van der Waals surface area contributed by atoms with Crippen LogP contribution in [-0.4, -0.2) is 19.9 Å². The Morgan fingerprint density at radius 1 is 0.538 bits per heavy atom. The Bertz CT molecular complexity index is 1710. The maximum Gasteiger partial charge on any atom is 0.294 e. The van der Waals surface area contributed by atoms with Gasteiger partial charge < -0.3 is 9.69 Å². The summed E-state index contributed by atoms with van der Waals surface area (Å²) in [6.45, 7) is 16.2. The summed E-state index contributed by atoms with van der Waals surface area (Å²) < 4.78 is 0. The average Bonchev–Trinajstić information content (AvgIpc) is 3.01. The lowest BCUT2D eigenvalue weighted by Gasteiger charge is -2.05. The summed E-state index contributed by atoms with van der Waals surface area (Å²) in [6, 6.07) is 32.4. The molecule has 0 spiro atoms. The van der Waals surface area contributed by atoms with Crippen molar-refractivity contribution in [3.05, 3.63) is 131 Å². The van der Waals surface area contributed by atoms with E-state index >= 15 is 0 Å². The van der Waals surface area contributed by atoms with Crippen LogP contribution in [0.5, 0.6) is 0 Å². The molecule has 39 heavy (non-hydrogen) atoms. The van der Waals surface area contributed by atoms with Crippen LogP contribution >= 0.6 is 0 Å². The number of rotatable bonds is 3. The second-order valence-corrected chi connectivity index (χ2v) is 7.97. The molecule has 0 saturated carbocycles. The minimum absolute atomic E-state index is 0.0357. The van der Waals surface area contributed by atoms with E-state index in [0.29, 0.717) is 22.8 Å². The summed E-state index contributed by atoms with van der Waals surface area (Å²) in [5.74, 6) is 0.0714. The lowest BCUT2D eigenvalue weighted by Crippen LogP contribution is -2.00. The molecule has 0 aliphatic carbocycles. The van der Waals surface area contributed by atoms with Crippen molar-refractivity contribution in [2.24, 2.45) is 0 Å². The highest BCUT2D eigenvalue weighted by Crippen LogP contribution is 2.35. The second kappa shape index (κ2) is 12.2. The first-order valence-electron chi connectivity index (χ1n) is 11.6. The van der Waals surface area contributed by atoms with Crippen LogP contribution in [0.25, 0.3) is 43.5 Å². The number of benzene rings is 3. The number of hydrogen-bond acceptors (Lipinski definition) is 6. The first kappa shape index (κ1) is 25.9. The zero-order valence-electron chi connectivity index (χ0n) is 20.7. The van der Waals surface area contributed by atoms with E-state index in [9.17, 15) is 0 Å². The van der Waals surface area contributed by atoms with Crippen LogP contribution in [0.1, 0.15) is 17.1 Å². The Morgan fingerprint density at radius 2 is 0.897 bits per heavy atom. The summed E-state index contributed by atoms with van der Waals surface area (Å²) >= 11 is 0. The van der Waals surface area contributed by atoms with E-state index in [2.05, 4.69) is 29.6 Å². The van der Waals surface area contributed by atoms with Gasteiger partial charge in [0.2, 0.25) is 11.4 Å². The first-order valence-corrected chi connectivity index (χ1v) is 11.6. The van der Waals surface area contributed by atoms with Gasteiger partial charge in [-0.15, -0.1) is 9.97 Å². The van der Waals surface area contributed by atoms with Crippen LogP contribution < -0.4 is 0 Å². The summed E-state index contributed by atoms with van der Waals surface area (Å²) in [7, 11) is 0. The smallest absolute Gasteiger partial charge is 0.294 e. The van der Waals surface area contributed by atoms with Crippen molar-refractivity contribution in [1.29, 1.82) is 10.5 Å². The average molecular weight is 503 g/mol. The number of hydrogen-bond donors (Lipinski definition) is 0. The van der Waals surface area contributed by atoms with E-state index in [1.807, 2.05) is 103 Å². The SMILES string of the molecule is Cc1nc(C#N)c(C#N)nc1-c1ccccc1.[C-]#[N+]c1nc(-c2ccccc2)c(-c2ccccc2)nc1[N+]#[C-]. The van der Waals surface area contributed by atoms with Gasteiger partial charge >= 0.3 is 0 Å². The van der Waals surface area contributed by atoms with Gasteiger partial charge in [-0.25, -0.2) is 9.97 Å². The molecule has 0 radical (unpaired) electrons. The molecule has 0 N–H and O–H groups in total. The molecule has 0 atom stereocenters. The Morgan fingerprint density at radius 3 is 1.26 bits per heavy atom. The van der Waals surface area contributed by atoms with Crippen molar-refractivity contribution in [3.8, 4) is 45.9 Å². The fraction of sp³-hybridized carbons (Fsp3) is 0.0323.